The molecule has 0 unspecified atom stereocenters. The first-order valence-electron chi connectivity index (χ1n) is 7.34. The highest BCUT2D eigenvalue weighted by molar-refractivity contribution is 7.89. The van der Waals surface area contributed by atoms with Crippen molar-refractivity contribution in [1.29, 1.82) is 0 Å². The van der Waals surface area contributed by atoms with Crippen molar-refractivity contribution in [2.45, 2.75) is 18.4 Å². The molecule has 0 saturated carbocycles. The van der Waals surface area contributed by atoms with E-state index in [-0.39, 0.29) is 39.5 Å². The van der Waals surface area contributed by atoms with E-state index in [1.54, 1.807) is 0 Å². The van der Waals surface area contributed by atoms with Gasteiger partial charge in [-0.2, -0.15) is 0 Å². The Morgan fingerprint density at radius 2 is 1.86 bits per heavy atom. The highest BCUT2D eigenvalue weighted by Gasteiger charge is 2.22. The number of rotatable bonds is 7. The number of phosphoric ester groups is 1. The molecule has 0 spiro atoms. The second-order valence-electron chi connectivity index (χ2n) is 5.38. The predicted molar refractivity (Wildman–Crippen MR) is 94.9 cm³/mol. The molecule has 5 N–H and O–H groups in total. The van der Waals surface area contributed by atoms with Crippen LogP contribution in [0.4, 0.5) is 11.5 Å². The van der Waals surface area contributed by atoms with Crippen molar-refractivity contribution in [3.8, 4) is 5.75 Å². The normalized spacial score (nSPS) is 12.4. The maximum atomic E-state index is 11.3. The number of aryl methyl sites for hydroxylation is 1. The summed E-state index contributed by atoms with van der Waals surface area (Å²) in [6.07, 6.45) is 0.266. The molecule has 0 aliphatic carbocycles. The summed E-state index contributed by atoms with van der Waals surface area (Å²) in [6.45, 7) is 0.619. The third kappa shape index (κ3) is 5.48. The highest BCUT2D eigenvalue weighted by Crippen LogP contribution is 2.40. The average molecular weight is 430 g/mol. The number of aromatic hydroxyl groups is 1. The molecule has 28 heavy (non-hydrogen) atoms. The number of benzene rings is 1. The first-order valence-corrected chi connectivity index (χ1v) is 10.4. The smallest absolute Gasteiger partial charge is 0.469 e. The van der Waals surface area contributed by atoms with Crippen LogP contribution in [0.2, 0.25) is 0 Å². The lowest BCUT2D eigenvalue weighted by molar-refractivity contribution is 0.111. The van der Waals surface area contributed by atoms with Crippen LogP contribution in [0, 0.1) is 6.92 Å². The van der Waals surface area contributed by atoms with Crippen molar-refractivity contribution in [2.24, 2.45) is 15.4 Å². The van der Waals surface area contributed by atoms with Crippen LogP contribution in [-0.2, 0) is 25.7 Å². The van der Waals surface area contributed by atoms with E-state index in [9.17, 15) is 22.9 Å². The number of carbonyl (C=O) groups is 1. The summed E-state index contributed by atoms with van der Waals surface area (Å²) in [5.74, 6) is -0.711. The van der Waals surface area contributed by atoms with Crippen molar-refractivity contribution < 1.29 is 37.2 Å². The summed E-state index contributed by atoms with van der Waals surface area (Å²) in [5.41, 5.74) is -0.263. The molecule has 12 nitrogen and oxygen atoms in total. The van der Waals surface area contributed by atoms with E-state index in [2.05, 4.69) is 19.7 Å². The molecule has 0 aliphatic heterocycles. The summed E-state index contributed by atoms with van der Waals surface area (Å²) < 4.78 is 37.8. The molecule has 0 saturated heterocycles. The fraction of sp³-hybridized carbons (Fsp3) is 0.143. The van der Waals surface area contributed by atoms with E-state index in [1.165, 1.54) is 31.2 Å². The van der Waals surface area contributed by atoms with Crippen LogP contribution in [0.5, 0.6) is 5.75 Å². The van der Waals surface area contributed by atoms with Gasteiger partial charge in [0.1, 0.15) is 5.75 Å². The third-order valence-electron chi connectivity index (χ3n) is 3.39. The van der Waals surface area contributed by atoms with Crippen molar-refractivity contribution in [3.05, 3.63) is 41.1 Å². The highest BCUT2D eigenvalue weighted by atomic mass is 32.2. The summed E-state index contributed by atoms with van der Waals surface area (Å²) in [5, 5.41) is 22.6. The Kier molecular flexibility index (Phi) is 6.39. The van der Waals surface area contributed by atoms with Gasteiger partial charge in [0.15, 0.2) is 12.1 Å². The Hall–Kier alpha value is -2.54. The summed E-state index contributed by atoms with van der Waals surface area (Å²) >= 11 is 0. The van der Waals surface area contributed by atoms with Crippen LogP contribution in [-0.4, -0.2) is 34.6 Å². The van der Waals surface area contributed by atoms with Crippen molar-refractivity contribution in [3.63, 3.8) is 0 Å². The number of hydrogen-bond acceptors (Lipinski definition) is 9. The first kappa shape index (κ1) is 21.8. The molecule has 0 fully saturated rings. The van der Waals surface area contributed by atoms with E-state index in [0.29, 0.717) is 0 Å². The molecular formula is C14H15N4O8PS. The molecule has 0 atom stereocenters. The average Bonchev–Trinajstić information content (AvgIpc) is 2.60. The van der Waals surface area contributed by atoms with Gasteiger partial charge >= 0.3 is 7.82 Å². The summed E-state index contributed by atoms with van der Waals surface area (Å²) in [4.78, 5) is 32.8. The van der Waals surface area contributed by atoms with E-state index >= 15 is 0 Å². The number of nitrogens with zero attached hydrogens (tertiary/aromatic N) is 3. The lowest BCUT2D eigenvalue weighted by atomic mass is 10.1. The van der Waals surface area contributed by atoms with Crippen LogP contribution in [0.25, 0.3) is 0 Å². The maximum Gasteiger partial charge on any atom is 0.469 e. The molecule has 2 rings (SSSR count). The molecule has 2 aromatic rings. The van der Waals surface area contributed by atoms with Gasteiger partial charge in [-0.15, -0.1) is 10.2 Å². The van der Waals surface area contributed by atoms with E-state index in [0.717, 1.165) is 0 Å². The number of carbonyl (C=O) groups excluding carboxylic acids is 1. The van der Waals surface area contributed by atoms with Crippen molar-refractivity contribution in [1.82, 2.24) is 4.98 Å². The lowest BCUT2D eigenvalue weighted by Crippen LogP contribution is -2.11. The van der Waals surface area contributed by atoms with Crippen LogP contribution in [0.1, 0.15) is 21.6 Å². The van der Waals surface area contributed by atoms with E-state index in [1.807, 2.05) is 0 Å². The van der Waals surface area contributed by atoms with Gasteiger partial charge in [0.25, 0.3) is 0 Å². The fourth-order valence-corrected chi connectivity index (χ4v) is 2.86. The topological polar surface area (TPSA) is 202 Å². The second kappa shape index (κ2) is 8.22. The van der Waals surface area contributed by atoms with Gasteiger partial charge in [-0.25, -0.2) is 23.1 Å². The van der Waals surface area contributed by atoms with Gasteiger partial charge in [0.2, 0.25) is 10.0 Å². The summed E-state index contributed by atoms with van der Waals surface area (Å²) in [6, 6.07) is 5.02. The molecule has 1 heterocycles. The molecule has 14 heteroatoms. The first-order chi connectivity index (χ1) is 12.9. The molecule has 0 bridgehead atoms. The monoisotopic (exact) mass is 430 g/mol. The number of nitrogens with two attached hydrogens (primary N) is 1. The van der Waals surface area contributed by atoms with Gasteiger partial charge in [0, 0.05) is 5.56 Å². The van der Waals surface area contributed by atoms with Gasteiger partial charge in [-0.05, 0) is 31.2 Å². The molecule has 0 aliphatic rings. The van der Waals surface area contributed by atoms with Crippen LogP contribution < -0.4 is 5.14 Å². The summed E-state index contributed by atoms with van der Waals surface area (Å²) in [7, 11) is -8.75. The quantitative estimate of drug-likeness (QED) is 0.286. The van der Waals surface area contributed by atoms with Crippen LogP contribution in [0.3, 0.4) is 0 Å². The van der Waals surface area contributed by atoms with Gasteiger partial charge < -0.3 is 14.9 Å². The number of azo groups is 1. The number of aromatic nitrogens is 1. The van der Waals surface area contributed by atoms with Gasteiger partial charge in [0.05, 0.1) is 28.4 Å². The Bertz CT molecular complexity index is 1080. The Balaban J connectivity index is 2.46. The Morgan fingerprint density at radius 1 is 1.25 bits per heavy atom. The molecular weight excluding hydrogens is 415 g/mol. The molecule has 0 amide bonds. The number of sulfonamides is 1. The molecule has 150 valence electrons. The number of primary sulfonamides is 1. The predicted octanol–water partition coefficient (Wildman–Crippen LogP) is 1.58. The zero-order valence-corrected chi connectivity index (χ0v) is 16.0. The zero-order valence-electron chi connectivity index (χ0n) is 14.3. The molecule has 1 aromatic carbocycles. The fourth-order valence-electron chi connectivity index (χ4n) is 2.05. The zero-order chi connectivity index (χ0) is 21.1. The second-order valence-corrected chi connectivity index (χ2v) is 8.18. The SMILES string of the molecule is Cc1nc(N=Nc2ccc(S(N)(=O)=O)cc2)c(COP(=O)(O)O)c(C=O)c1O. The minimum Gasteiger partial charge on any atom is -0.505 e. The van der Waals surface area contributed by atoms with Gasteiger partial charge in [-0.1, -0.05) is 0 Å². The minimum absolute atomic E-state index is 0.0283. The number of aldehydes is 1. The lowest BCUT2D eigenvalue weighted by Gasteiger charge is -2.12. The Morgan fingerprint density at radius 3 is 2.36 bits per heavy atom. The van der Waals surface area contributed by atoms with Gasteiger partial charge in [-0.3, -0.25) is 9.32 Å². The van der Waals surface area contributed by atoms with Crippen LogP contribution >= 0.6 is 7.82 Å². The standard InChI is InChI=1S/C14H15N4O8PS/c1-8-13(20)11(6-19)12(7-26-27(21,22)23)14(16-8)18-17-9-2-4-10(5-3-9)28(15,24)25/h2-6,20H,7H2,1H3,(H2,15,24,25)(H2,21,22,23). The van der Waals surface area contributed by atoms with E-state index < -0.39 is 30.2 Å². The Labute approximate surface area is 159 Å². The number of hydrogen-bond donors (Lipinski definition) is 4. The maximum absolute atomic E-state index is 11.3. The van der Waals surface area contributed by atoms with Crippen molar-refractivity contribution >= 4 is 35.6 Å². The largest absolute Gasteiger partial charge is 0.505 e. The van der Waals surface area contributed by atoms with Crippen LogP contribution in [0.15, 0.2) is 39.4 Å². The minimum atomic E-state index is -4.87. The molecule has 1 aromatic heterocycles. The van der Waals surface area contributed by atoms with Crippen molar-refractivity contribution in [2.75, 3.05) is 0 Å². The number of phosphoric acid groups is 1. The molecule has 0 radical (unpaired) electrons. The number of pyridine rings is 1. The van der Waals surface area contributed by atoms with E-state index in [4.69, 9.17) is 14.9 Å². The third-order valence-corrected chi connectivity index (χ3v) is 4.78.